The topological polar surface area (TPSA) is 29.1 Å². The Kier molecular flexibility index (Phi) is 9.11. The quantitative estimate of drug-likeness (QED) is 0.853. The Hall–Kier alpha value is -0.570. The number of nitrogens with one attached hydrogen (secondary N) is 1. The van der Waals surface area contributed by atoms with Gasteiger partial charge in [-0.15, -0.1) is 24.8 Å². The summed E-state index contributed by atoms with van der Waals surface area (Å²) in [6, 6.07) is 8.22. The third kappa shape index (κ3) is 5.43. The van der Waals surface area contributed by atoms with Crippen LogP contribution in [0, 0.1) is 11.8 Å². The van der Waals surface area contributed by atoms with Crippen LogP contribution in [0.5, 0.6) is 0 Å². The lowest BCUT2D eigenvalue weighted by molar-refractivity contribution is 0.0895. The van der Waals surface area contributed by atoms with Crippen LogP contribution in [-0.2, 0) is 6.42 Å². The standard InChI is InChI=1S/C16H23NO.2ClH/c1-12(2)11-13-3-5-14(6-4-13)16(18)15-7-9-17-10-8-15;;/h3-6,12,15,17H,7-11H2,1-2H3;2*1H. The monoisotopic (exact) mass is 317 g/mol. The van der Waals surface area contributed by atoms with Crippen molar-refractivity contribution in [2.45, 2.75) is 33.1 Å². The van der Waals surface area contributed by atoms with Gasteiger partial charge in [0.25, 0.3) is 0 Å². The molecular formula is C16H25Cl2NO. The first-order chi connectivity index (χ1) is 8.66. The summed E-state index contributed by atoms with van der Waals surface area (Å²) in [5.41, 5.74) is 2.21. The van der Waals surface area contributed by atoms with E-state index in [0.29, 0.717) is 11.7 Å². The highest BCUT2D eigenvalue weighted by molar-refractivity contribution is 5.97. The number of Topliss-reactive ketones (excluding diaryl/α,β-unsaturated/α-hetero) is 1. The fourth-order valence-electron chi connectivity index (χ4n) is 2.60. The molecule has 20 heavy (non-hydrogen) atoms. The number of rotatable bonds is 4. The van der Waals surface area contributed by atoms with Crippen molar-refractivity contribution in [3.8, 4) is 0 Å². The van der Waals surface area contributed by atoms with Gasteiger partial charge in [0.1, 0.15) is 0 Å². The van der Waals surface area contributed by atoms with Crippen molar-refractivity contribution >= 4 is 30.6 Å². The molecule has 1 N–H and O–H groups in total. The van der Waals surface area contributed by atoms with Crippen LogP contribution in [0.25, 0.3) is 0 Å². The third-order valence-corrected chi connectivity index (χ3v) is 3.59. The molecule has 0 aromatic heterocycles. The predicted octanol–water partition coefficient (Wildman–Crippen LogP) is 3.91. The molecule has 1 heterocycles. The number of ketones is 1. The van der Waals surface area contributed by atoms with Crippen LogP contribution in [0.4, 0.5) is 0 Å². The summed E-state index contributed by atoms with van der Waals surface area (Å²) < 4.78 is 0. The molecule has 1 aliphatic heterocycles. The van der Waals surface area contributed by atoms with E-state index in [9.17, 15) is 4.79 Å². The number of piperidine rings is 1. The molecule has 0 bridgehead atoms. The van der Waals surface area contributed by atoms with Gasteiger partial charge in [0.05, 0.1) is 0 Å². The first kappa shape index (κ1) is 19.4. The highest BCUT2D eigenvalue weighted by atomic mass is 35.5. The molecule has 0 unspecified atom stereocenters. The molecule has 0 saturated carbocycles. The van der Waals surface area contributed by atoms with Crippen LogP contribution in [0.3, 0.4) is 0 Å². The van der Waals surface area contributed by atoms with Crippen LogP contribution in [0.2, 0.25) is 0 Å². The average molecular weight is 318 g/mol. The Morgan fingerprint density at radius 2 is 1.70 bits per heavy atom. The van der Waals surface area contributed by atoms with E-state index in [4.69, 9.17) is 0 Å². The second-order valence-corrected chi connectivity index (χ2v) is 5.68. The Balaban J connectivity index is 0.00000180. The summed E-state index contributed by atoms with van der Waals surface area (Å²) in [4.78, 5) is 12.3. The molecule has 4 heteroatoms. The first-order valence-corrected chi connectivity index (χ1v) is 7.00. The number of benzene rings is 1. The van der Waals surface area contributed by atoms with Gasteiger partial charge >= 0.3 is 0 Å². The van der Waals surface area contributed by atoms with Crippen LogP contribution < -0.4 is 5.32 Å². The van der Waals surface area contributed by atoms with Crippen LogP contribution in [-0.4, -0.2) is 18.9 Å². The molecule has 0 amide bonds. The zero-order valence-electron chi connectivity index (χ0n) is 12.2. The second-order valence-electron chi connectivity index (χ2n) is 5.68. The van der Waals surface area contributed by atoms with Crippen molar-refractivity contribution in [3.63, 3.8) is 0 Å². The SMILES string of the molecule is CC(C)Cc1ccc(C(=O)C2CCNCC2)cc1.Cl.Cl. The van der Waals surface area contributed by atoms with Gasteiger partial charge in [-0.2, -0.15) is 0 Å². The predicted molar refractivity (Wildman–Crippen MR) is 89.4 cm³/mol. The summed E-state index contributed by atoms with van der Waals surface area (Å²) in [6.07, 6.45) is 3.04. The molecule has 1 aromatic carbocycles. The van der Waals surface area contributed by atoms with E-state index in [0.717, 1.165) is 37.9 Å². The molecule has 0 radical (unpaired) electrons. The molecule has 0 aliphatic carbocycles. The summed E-state index contributed by atoms with van der Waals surface area (Å²) >= 11 is 0. The highest BCUT2D eigenvalue weighted by Gasteiger charge is 2.21. The maximum absolute atomic E-state index is 12.3. The highest BCUT2D eigenvalue weighted by Crippen LogP contribution is 2.19. The fraction of sp³-hybridized carbons (Fsp3) is 0.562. The minimum Gasteiger partial charge on any atom is -0.317 e. The van der Waals surface area contributed by atoms with Crippen molar-refractivity contribution in [1.29, 1.82) is 0 Å². The van der Waals surface area contributed by atoms with E-state index in [1.165, 1.54) is 5.56 Å². The number of hydrogen-bond donors (Lipinski definition) is 1. The molecule has 1 aliphatic rings. The summed E-state index contributed by atoms with van der Waals surface area (Å²) in [5, 5.41) is 3.30. The number of carbonyl (C=O) groups is 1. The van der Waals surface area contributed by atoms with Gasteiger partial charge in [0.15, 0.2) is 5.78 Å². The van der Waals surface area contributed by atoms with Gasteiger partial charge in [0.2, 0.25) is 0 Å². The summed E-state index contributed by atoms with van der Waals surface area (Å²) in [7, 11) is 0. The van der Waals surface area contributed by atoms with Crippen molar-refractivity contribution in [1.82, 2.24) is 5.32 Å². The Morgan fingerprint density at radius 1 is 1.15 bits per heavy atom. The van der Waals surface area contributed by atoms with E-state index < -0.39 is 0 Å². The number of carbonyl (C=O) groups excluding carboxylic acids is 1. The van der Waals surface area contributed by atoms with Gasteiger partial charge in [0, 0.05) is 11.5 Å². The number of hydrogen-bond acceptors (Lipinski definition) is 2. The smallest absolute Gasteiger partial charge is 0.166 e. The van der Waals surface area contributed by atoms with Crippen molar-refractivity contribution in [2.24, 2.45) is 11.8 Å². The lowest BCUT2D eigenvalue weighted by Crippen LogP contribution is -2.31. The van der Waals surface area contributed by atoms with Gasteiger partial charge in [-0.05, 0) is 43.8 Å². The van der Waals surface area contributed by atoms with Crippen LogP contribution in [0.1, 0.15) is 42.6 Å². The molecule has 1 fully saturated rings. The average Bonchev–Trinajstić information content (AvgIpc) is 2.39. The normalized spacial score (nSPS) is 15.3. The van der Waals surface area contributed by atoms with Gasteiger partial charge in [-0.25, -0.2) is 0 Å². The molecular weight excluding hydrogens is 293 g/mol. The maximum Gasteiger partial charge on any atom is 0.166 e. The summed E-state index contributed by atoms with van der Waals surface area (Å²) in [5.74, 6) is 1.21. The lowest BCUT2D eigenvalue weighted by atomic mass is 9.89. The van der Waals surface area contributed by atoms with Gasteiger partial charge < -0.3 is 5.32 Å². The van der Waals surface area contributed by atoms with Crippen LogP contribution >= 0.6 is 24.8 Å². The zero-order valence-corrected chi connectivity index (χ0v) is 13.9. The van der Waals surface area contributed by atoms with Gasteiger partial charge in [-0.1, -0.05) is 38.1 Å². The molecule has 2 nitrogen and oxygen atoms in total. The van der Waals surface area contributed by atoms with E-state index in [1.807, 2.05) is 12.1 Å². The van der Waals surface area contributed by atoms with Crippen LogP contribution in [0.15, 0.2) is 24.3 Å². The summed E-state index contributed by atoms with van der Waals surface area (Å²) in [6.45, 7) is 6.38. The molecule has 1 aromatic rings. The zero-order chi connectivity index (χ0) is 13.0. The van der Waals surface area contributed by atoms with E-state index in [2.05, 4.69) is 31.3 Å². The van der Waals surface area contributed by atoms with Crippen molar-refractivity contribution < 1.29 is 4.79 Å². The molecule has 0 spiro atoms. The second kappa shape index (κ2) is 9.38. The Bertz CT molecular complexity index is 397. The van der Waals surface area contributed by atoms with E-state index >= 15 is 0 Å². The molecule has 0 atom stereocenters. The Morgan fingerprint density at radius 3 is 2.20 bits per heavy atom. The lowest BCUT2D eigenvalue weighted by Gasteiger charge is -2.21. The fourth-order valence-corrected chi connectivity index (χ4v) is 2.60. The molecule has 1 saturated heterocycles. The molecule has 2 rings (SSSR count). The minimum atomic E-state index is 0. The third-order valence-electron chi connectivity index (χ3n) is 3.59. The van der Waals surface area contributed by atoms with E-state index in [-0.39, 0.29) is 30.7 Å². The van der Waals surface area contributed by atoms with Crippen molar-refractivity contribution in [2.75, 3.05) is 13.1 Å². The maximum atomic E-state index is 12.3. The minimum absolute atomic E-state index is 0. The number of halogens is 2. The van der Waals surface area contributed by atoms with Gasteiger partial charge in [-0.3, -0.25) is 4.79 Å². The molecule has 114 valence electrons. The Labute approximate surface area is 134 Å². The van der Waals surface area contributed by atoms with Crippen molar-refractivity contribution in [3.05, 3.63) is 35.4 Å². The van der Waals surface area contributed by atoms with E-state index in [1.54, 1.807) is 0 Å². The first-order valence-electron chi connectivity index (χ1n) is 7.00. The largest absolute Gasteiger partial charge is 0.317 e.